The average molecular weight is 125 g/mol. The molecule has 1 amide bonds. The molecule has 1 aliphatic heterocycles. The van der Waals surface area contributed by atoms with Crippen molar-refractivity contribution in [3.8, 4) is 12.3 Å². The largest absolute Gasteiger partial charge is 0.446 e. The minimum Gasteiger partial charge on any atom is -0.446 e. The quantitative estimate of drug-likeness (QED) is 0.429. The van der Waals surface area contributed by atoms with Crippen LogP contribution in [0.4, 0.5) is 4.79 Å². The Morgan fingerprint density at radius 1 is 2.00 bits per heavy atom. The highest BCUT2D eigenvalue weighted by Crippen LogP contribution is 2.06. The molecular weight excluding hydrogens is 118 g/mol. The van der Waals surface area contributed by atoms with E-state index in [0.717, 1.165) is 0 Å². The summed E-state index contributed by atoms with van der Waals surface area (Å²) in [6.07, 6.45) is 4.73. The van der Waals surface area contributed by atoms with Gasteiger partial charge in [0.25, 0.3) is 0 Å². The first-order valence-corrected chi connectivity index (χ1v) is 2.61. The van der Waals surface area contributed by atoms with Crippen LogP contribution in [-0.2, 0) is 4.74 Å². The third kappa shape index (κ3) is 0.833. The van der Waals surface area contributed by atoms with Crippen LogP contribution in [-0.4, -0.2) is 30.7 Å². The highest BCUT2D eigenvalue weighted by atomic mass is 16.6. The Balaban J connectivity index is 2.64. The number of likely N-dealkylation sites (N-methyl/N-ethyl adjacent to an activating group) is 1. The summed E-state index contributed by atoms with van der Waals surface area (Å²) in [5.41, 5.74) is 0. The number of carbonyl (C=O) groups excluding carboxylic acids is 1. The maximum absolute atomic E-state index is 10.6. The fourth-order valence-electron chi connectivity index (χ4n) is 0.651. The van der Waals surface area contributed by atoms with Gasteiger partial charge >= 0.3 is 6.09 Å². The Labute approximate surface area is 53.6 Å². The summed E-state index contributed by atoms with van der Waals surface area (Å²) in [7, 11) is 1.62. The number of ether oxygens (including phenoxy) is 1. The molecule has 1 aliphatic rings. The van der Waals surface area contributed by atoms with Crippen LogP contribution in [0.5, 0.6) is 0 Å². The molecule has 9 heavy (non-hydrogen) atoms. The first kappa shape index (κ1) is 5.96. The SMILES string of the molecule is C#C[C@H]1COC(=O)N1C. The number of amides is 1. The van der Waals surface area contributed by atoms with Crippen molar-refractivity contribution in [3.05, 3.63) is 0 Å². The van der Waals surface area contributed by atoms with Crippen LogP contribution in [0.3, 0.4) is 0 Å². The fourth-order valence-corrected chi connectivity index (χ4v) is 0.651. The van der Waals surface area contributed by atoms with E-state index in [-0.39, 0.29) is 12.1 Å². The molecule has 0 aliphatic carbocycles. The van der Waals surface area contributed by atoms with E-state index in [1.807, 2.05) is 0 Å². The maximum Gasteiger partial charge on any atom is 0.410 e. The molecule has 3 heteroatoms. The summed E-state index contributed by atoms with van der Waals surface area (Å²) < 4.78 is 4.61. The summed E-state index contributed by atoms with van der Waals surface area (Å²) in [4.78, 5) is 12.0. The summed E-state index contributed by atoms with van der Waals surface area (Å²) in [5, 5.41) is 0. The molecule has 0 radical (unpaired) electrons. The zero-order valence-corrected chi connectivity index (χ0v) is 5.13. The molecule has 0 unspecified atom stereocenters. The lowest BCUT2D eigenvalue weighted by Crippen LogP contribution is -2.27. The Hall–Kier alpha value is -1.17. The number of nitrogens with zero attached hydrogens (tertiary/aromatic N) is 1. The number of carbonyl (C=O) groups is 1. The van der Waals surface area contributed by atoms with Gasteiger partial charge in [-0.3, -0.25) is 4.90 Å². The van der Waals surface area contributed by atoms with Gasteiger partial charge in [0, 0.05) is 7.05 Å². The van der Waals surface area contributed by atoms with E-state index in [1.54, 1.807) is 7.05 Å². The van der Waals surface area contributed by atoms with E-state index in [9.17, 15) is 4.79 Å². The first-order chi connectivity index (χ1) is 4.25. The predicted octanol–water partition coefficient (Wildman–Crippen LogP) is 0.0702. The highest BCUT2D eigenvalue weighted by molar-refractivity contribution is 5.70. The van der Waals surface area contributed by atoms with Gasteiger partial charge < -0.3 is 4.74 Å². The second kappa shape index (κ2) is 1.98. The molecule has 0 spiro atoms. The lowest BCUT2D eigenvalue weighted by molar-refractivity contribution is 0.163. The van der Waals surface area contributed by atoms with Crippen LogP contribution in [0.1, 0.15) is 0 Å². The zero-order chi connectivity index (χ0) is 6.85. The molecule has 1 rings (SSSR count). The number of rotatable bonds is 0. The molecule has 0 N–H and O–H groups in total. The monoisotopic (exact) mass is 125 g/mol. The van der Waals surface area contributed by atoms with Crippen molar-refractivity contribution in [2.75, 3.05) is 13.7 Å². The summed E-state index contributed by atoms with van der Waals surface area (Å²) >= 11 is 0. The highest BCUT2D eigenvalue weighted by Gasteiger charge is 2.27. The summed E-state index contributed by atoms with van der Waals surface area (Å²) in [6, 6.07) is -0.169. The average Bonchev–Trinajstić information content (AvgIpc) is 2.15. The minimum absolute atomic E-state index is 0.169. The van der Waals surface area contributed by atoms with Gasteiger partial charge in [0.2, 0.25) is 0 Å². The van der Waals surface area contributed by atoms with Gasteiger partial charge in [-0.25, -0.2) is 4.79 Å². The van der Waals surface area contributed by atoms with Gasteiger partial charge in [0.15, 0.2) is 0 Å². The first-order valence-electron chi connectivity index (χ1n) is 2.61. The van der Waals surface area contributed by atoms with Crippen LogP contribution in [0.25, 0.3) is 0 Å². The Bertz CT molecular complexity index is 170. The molecule has 1 atom stereocenters. The van der Waals surface area contributed by atoms with E-state index in [1.165, 1.54) is 4.90 Å². The molecule has 0 aromatic heterocycles. The second-order valence-corrected chi connectivity index (χ2v) is 1.87. The van der Waals surface area contributed by atoms with E-state index >= 15 is 0 Å². The number of terminal acetylenes is 1. The fraction of sp³-hybridized carbons (Fsp3) is 0.500. The molecule has 0 saturated carbocycles. The molecule has 0 aromatic carbocycles. The van der Waals surface area contributed by atoms with Crippen LogP contribution < -0.4 is 0 Å². The summed E-state index contributed by atoms with van der Waals surface area (Å²) in [6.45, 7) is 0.325. The zero-order valence-electron chi connectivity index (χ0n) is 5.13. The molecule has 48 valence electrons. The maximum atomic E-state index is 10.6. The van der Waals surface area contributed by atoms with Crippen molar-refractivity contribution in [2.45, 2.75) is 6.04 Å². The third-order valence-electron chi connectivity index (χ3n) is 1.31. The second-order valence-electron chi connectivity index (χ2n) is 1.87. The Morgan fingerprint density at radius 3 is 2.89 bits per heavy atom. The normalized spacial score (nSPS) is 25.6. The lowest BCUT2D eigenvalue weighted by Gasteiger charge is -2.07. The molecular formula is C6H7NO2. The van der Waals surface area contributed by atoms with Crippen molar-refractivity contribution in [1.82, 2.24) is 4.90 Å². The van der Waals surface area contributed by atoms with Crippen LogP contribution in [0.2, 0.25) is 0 Å². The molecule has 1 fully saturated rings. The van der Waals surface area contributed by atoms with Gasteiger partial charge in [-0.15, -0.1) is 6.42 Å². The van der Waals surface area contributed by atoms with Crippen LogP contribution in [0.15, 0.2) is 0 Å². The lowest BCUT2D eigenvalue weighted by atomic mass is 10.3. The van der Waals surface area contributed by atoms with Crippen molar-refractivity contribution in [3.63, 3.8) is 0 Å². The van der Waals surface area contributed by atoms with Crippen LogP contribution in [0, 0.1) is 12.3 Å². The third-order valence-corrected chi connectivity index (χ3v) is 1.31. The molecule has 0 aromatic rings. The van der Waals surface area contributed by atoms with Gasteiger partial charge in [-0.1, -0.05) is 5.92 Å². The number of cyclic esters (lactones) is 1. The number of hydrogen-bond acceptors (Lipinski definition) is 2. The Morgan fingerprint density at radius 2 is 2.67 bits per heavy atom. The van der Waals surface area contributed by atoms with Gasteiger partial charge in [-0.05, 0) is 0 Å². The van der Waals surface area contributed by atoms with Crippen molar-refractivity contribution >= 4 is 6.09 Å². The predicted molar refractivity (Wildman–Crippen MR) is 31.7 cm³/mol. The van der Waals surface area contributed by atoms with E-state index in [2.05, 4.69) is 10.7 Å². The van der Waals surface area contributed by atoms with Crippen LogP contribution >= 0.6 is 0 Å². The van der Waals surface area contributed by atoms with E-state index < -0.39 is 0 Å². The van der Waals surface area contributed by atoms with Crippen molar-refractivity contribution in [1.29, 1.82) is 0 Å². The van der Waals surface area contributed by atoms with E-state index in [4.69, 9.17) is 6.42 Å². The number of hydrogen-bond donors (Lipinski definition) is 0. The summed E-state index contributed by atoms with van der Waals surface area (Å²) in [5.74, 6) is 2.42. The minimum atomic E-state index is -0.335. The van der Waals surface area contributed by atoms with E-state index in [0.29, 0.717) is 6.61 Å². The van der Waals surface area contributed by atoms with Crippen molar-refractivity contribution in [2.24, 2.45) is 0 Å². The standard InChI is InChI=1S/C6H7NO2/c1-3-5-4-9-6(8)7(5)2/h1,5H,4H2,2H3/t5-/m0/s1. The molecule has 1 heterocycles. The van der Waals surface area contributed by atoms with Gasteiger partial charge in [0.1, 0.15) is 12.6 Å². The topological polar surface area (TPSA) is 29.5 Å². The molecule has 1 saturated heterocycles. The molecule has 0 bridgehead atoms. The molecule has 3 nitrogen and oxygen atoms in total. The Kier molecular flexibility index (Phi) is 1.31. The van der Waals surface area contributed by atoms with Crippen molar-refractivity contribution < 1.29 is 9.53 Å². The van der Waals surface area contributed by atoms with Gasteiger partial charge in [-0.2, -0.15) is 0 Å². The van der Waals surface area contributed by atoms with Gasteiger partial charge in [0.05, 0.1) is 0 Å². The smallest absolute Gasteiger partial charge is 0.410 e.